The fourth-order valence-electron chi connectivity index (χ4n) is 3.23. The zero-order valence-corrected chi connectivity index (χ0v) is 19.0. The van der Waals surface area contributed by atoms with Crippen molar-refractivity contribution in [3.05, 3.63) is 91.0 Å². The molecular formula is C27H35OP. The van der Waals surface area contributed by atoms with Gasteiger partial charge in [0.25, 0.3) is 0 Å². The van der Waals surface area contributed by atoms with Crippen LogP contribution in [0, 0.1) is 0 Å². The van der Waals surface area contributed by atoms with E-state index in [0.717, 1.165) is 19.3 Å². The summed E-state index contributed by atoms with van der Waals surface area (Å²) in [7, 11) is 0. The van der Waals surface area contributed by atoms with E-state index in [-0.39, 0.29) is 0 Å². The SMILES string of the molecule is C=P(c1ccccc1)(c1ccccc1)c1ccccc1.CCCCC(C)(O)CC. The second-order valence-electron chi connectivity index (χ2n) is 7.77. The Bertz CT molecular complexity index is 767. The Labute approximate surface area is 177 Å². The lowest BCUT2D eigenvalue weighted by Crippen LogP contribution is -2.25. The molecule has 0 aliphatic rings. The number of hydrogen-bond donors (Lipinski definition) is 1. The van der Waals surface area contributed by atoms with Gasteiger partial charge in [0.05, 0.1) is 5.60 Å². The van der Waals surface area contributed by atoms with Gasteiger partial charge in [0, 0.05) is 0 Å². The lowest BCUT2D eigenvalue weighted by atomic mass is 9.97. The van der Waals surface area contributed by atoms with E-state index in [2.05, 4.69) is 97.9 Å². The van der Waals surface area contributed by atoms with Crippen LogP contribution in [0.1, 0.15) is 46.5 Å². The average Bonchev–Trinajstić information content (AvgIpc) is 2.79. The Kier molecular flexibility index (Phi) is 8.96. The molecule has 0 fully saturated rings. The third-order valence-corrected chi connectivity index (χ3v) is 8.96. The van der Waals surface area contributed by atoms with Crippen molar-refractivity contribution in [1.29, 1.82) is 0 Å². The van der Waals surface area contributed by atoms with Crippen molar-refractivity contribution in [3.8, 4) is 0 Å². The Morgan fingerprint density at radius 3 is 1.34 bits per heavy atom. The largest absolute Gasteiger partial charge is 0.390 e. The molecule has 0 radical (unpaired) electrons. The van der Waals surface area contributed by atoms with E-state index >= 15 is 0 Å². The summed E-state index contributed by atoms with van der Waals surface area (Å²) < 4.78 is 0. The highest BCUT2D eigenvalue weighted by Crippen LogP contribution is 2.41. The van der Waals surface area contributed by atoms with Gasteiger partial charge in [-0.1, -0.05) is 124 Å². The number of hydrogen-bond acceptors (Lipinski definition) is 1. The molecule has 0 spiro atoms. The molecule has 29 heavy (non-hydrogen) atoms. The van der Waals surface area contributed by atoms with Gasteiger partial charge in [-0.3, -0.25) is 0 Å². The van der Waals surface area contributed by atoms with E-state index < -0.39 is 12.5 Å². The van der Waals surface area contributed by atoms with Crippen LogP contribution in [0.15, 0.2) is 91.0 Å². The summed E-state index contributed by atoms with van der Waals surface area (Å²) in [6.45, 7) is 4.30. The molecule has 1 nitrogen and oxygen atoms in total. The molecule has 3 aromatic rings. The third-order valence-electron chi connectivity index (χ3n) is 5.42. The molecule has 0 amide bonds. The molecule has 0 heterocycles. The quantitative estimate of drug-likeness (QED) is 0.495. The Balaban J connectivity index is 0.000000284. The van der Waals surface area contributed by atoms with Crippen LogP contribution in [0.4, 0.5) is 0 Å². The van der Waals surface area contributed by atoms with Crippen molar-refractivity contribution in [3.63, 3.8) is 0 Å². The van der Waals surface area contributed by atoms with Crippen LogP contribution in [0.2, 0.25) is 0 Å². The maximum Gasteiger partial charge on any atom is 0.0617 e. The summed E-state index contributed by atoms with van der Waals surface area (Å²) in [6.07, 6.45) is 8.82. The first-order valence-electron chi connectivity index (χ1n) is 10.6. The highest BCUT2D eigenvalue weighted by molar-refractivity contribution is 7.93. The monoisotopic (exact) mass is 406 g/mol. The molecule has 1 atom stereocenters. The van der Waals surface area contributed by atoms with Crippen LogP contribution in [0.3, 0.4) is 0 Å². The number of unbranched alkanes of at least 4 members (excludes halogenated alkanes) is 1. The van der Waals surface area contributed by atoms with Crippen molar-refractivity contribution in [2.75, 3.05) is 0 Å². The van der Waals surface area contributed by atoms with Gasteiger partial charge in [0.15, 0.2) is 0 Å². The van der Waals surface area contributed by atoms with E-state index in [1.807, 2.05) is 13.8 Å². The summed E-state index contributed by atoms with van der Waals surface area (Å²) in [5.41, 5.74) is -0.407. The molecule has 1 N–H and O–H groups in total. The highest BCUT2D eigenvalue weighted by Gasteiger charge is 2.21. The van der Waals surface area contributed by atoms with Crippen molar-refractivity contribution < 1.29 is 5.11 Å². The predicted molar refractivity (Wildman–Crippen MR) is 133 cm³/mol. The zero-order chi connectivity index (χ0) is 21.2. The van der Waals surface area contributed by atoms with E-state index in [9.17, 15) is 5.11 Å². The van der Waals surface area contributed by atoms with Crippen molar-refractivity contribution in [2.45, 2.75) is 52.1 Å². The van der Waals surface area contributed by atoms with Crippen LogP contribution in [0.5, 0.6) is 0 Å². The topological polar surface area (TPSA) is 20.2 Å². The van der Waals surface area contributed by atoms with Gasteiger partial charge in [-0.15, -0.1) is 0 Å². The summed E-state index contributed by atoms with van der Waals surface area (Å²) in [4.78, 5) is 0. The summed E-state index contributed by atoms with van der Waals surface area (Å²) in [5.74, 6) is 0. The van der Waals surface area contributed by atoms with E-state index in [1.165, 1.54) is 22.3 Å². The molecule has 0 saturated heterocycles. The fourth-order valence-corrected chi connectivity index (χ4v) is 6.17. The van der Waals surface area contributed by atoms with Crippen LogP contribution in [-0.4, -0.2) is 17.0 Å². The first kappa shape index (κ1) is 23.2. The van der Waals surface area contributed by atoms with Gasteiger partial charge in [-0.2, -0.15) is 0 Å². The van der Waals surface area contributed by atoms with Gasteiger partial charge >= 0.3 is 0 Å². The molecule has 3 rings (SSSR count). The maximum atomic E-state index is 9.45. The van der Waals surface area contributed by atoms with Crippen molar-refractivity contribution >= 4 is 29.1 Å². The molecule has 2 heteroatoms. The van der Waals surface area contributed by atoms with Gasteiger partial charge < -0.3 is 5.11 Å². The van der Waals surface area contributed by atoms with E-state index in [0.29, 0.717) is 0 Å². The van der Waals surface area contributed by atoms with Crippen molar-refractivity contribution in [2.24, 2.45) is 0 Å². The minimum Gasteiger partial charge on any atom is -0.390 e. The first-order chi connectivity index (χ1) is 13.9. The van der Waals surface area contributed by atoms with Crippen LogP contribution < -0.4 is 15.9 Å². The summed E-state index contributed by atoms with van der Waals surface area (Å²) >= 11 is 0. The van der Waals surface area contributed by atoms with Crippen molar-refractivity contribution in [1.82, 2.24) is 0 Å². The Morgan fingerprint density at radius 2 is 1.07 bits per heavy atom. The minimum absolute atomic E-state index is 0.407. The molecule has 0 aliphatic heterocycles. The third kappa shape index (κ3) is 6.46. The molecular weight excluding hydrogens is 371 g/mol. The van der Waals surface area contributed by atoms with Crippen LogP contribution in [0.25, 0.3) is 0 Å². The molecule has 3 aromatic carbocycles. The normalized spacial score (nSPS) is 13.1. The fraction of sp³-hybridized carbons (Fsp3) is 0.296. The molecule has 0 aromatic heterocycles. The first-order valence-corrected chi connectivity index (χ1v) is 12.5. The summed E-state index contributed by atoms with van der Waals surface area (Å²) in [6, 6.07) is 31.9. The van der Waals surface area contributed by atoms with Gasteiger partial charge in [0.2, 0.25) is 0 Å². The molecule has 154 valence electrons. The van der Waals surface area contributed by atoms with E-state index in [4.69, 9.17) is 6.30 Å². The maximum absolute atomic E-state index is 9.45. The number of aliphatic hydroxyl groups is 1. The Hall–Kier alpha value is -2.08. The lowest BCUT2D eigenvalue weighted by Gasteiger charge is -2.26. The predicted octanol–water partition coefficient (Wildman–Crippen LogP) is 5.75. The van der Waals surface area contributed by atoms with Crippen LogP contribution >= 0.6 is 6.89 Å². The highest BCUT2D eigenvalue weighted by atomic mass is 31.2. The second-order valence-corrected chi connectivity index (χ2v) is 10.9. The van der Waals surface area contributed by atoms with Gasteiger partial charge in [0.1, 0.15) is 0 Å². The molecule has 0 bridgehead atoms. The molecule has 0 saturated carbocycles. The standard InChI is InChI=1S/C19H17P.C8H18O/c1-20(17-11-5-2-6-12-17,18-13-7-3-8-14-18)19-15-9-4-10-16-19;1-4-6-7-8(3,9)5-2/h2-16H,1H2;9H,4-7H2,1-3H3. The van der Waals surface area contributed by atoms with Crippen LogP contribution in [-0.2, 0) is 0 Å². The minimum atomic E-state index is -1.78. The average molecular weight is 407 g/mol. The van der Waals surface area contributed by atoms with E-state index in [1.54, 1.807) is 0 Å². The smallest absolute Gasteiger partial charge is 0.0617 e. The molecule has 0 aliphatic carbocycles. The van der Waals surface area contributed by atoms with Gasteiger partial charge in [-0.05, 0) is 42.6 Å². The number of benzene rings is 3. The molecule has 1 unspecified atom stereocenters. The summed E-state index contributed by atoms with van der Waals surface area (Å²) in [5, 5.41) is 13.4. The van der Waals surface area contributed by atoms with Gasteiger partial charge in [-0.25, -0.2) is 0 Å². The zero-order valence-electron chi connectivity index (χ0n) is 18.1. The Morgan fingerprint density at radius 1 is 0.724 bits per heavy atom. The second kappa shape index (κ2) is 11.2. The lowest BCUT2D eigenvalue weighted by molar-refractivity contribution is 0.0447. The number of rotatable bonds is 7.